The zero-order valence-electron chi connectivity index (χ0n) is 11.2. The minimum absolute atomic E-state index is 0.0328. The van der Waals surface area contributed by atoms with E-state index >= 15 is 0 Å². The van der Waals surface area contributed by atoms with Crippen LogP contribution in [-0.2, 0) is 4.79 Å². The molecule has 1 aliphatic heterocycles. The first-order chi connectivity index (χ1) is 9.15. The number of rotatable bonds is 4. The largest absolute Gasteiger partial charge is 0.481 e. The van der Waals surface area contributed by atoms with E-state index in [4.69, 9.17) is 5.11 Å². The highest BCUT2D eigenvalue weighted by molar-refractivity contribution is 5.74. The van der Waals surface area contributed by atoms with Gasteiger partial charge in [0.25, 0.3) is 0 Å². The number of carboxylic acid groups (broad SMARTS) is 1. The second kappa shape index (κ2) is 6.59. The summed E-state index contributed by atoms with van der Waals surface area (Å²) in [6, 6.07) is 0.294. The zero-order chi connectivity index (χ0) is 13.7. The van der Waals surface area contributed by atoms with Gasteiger partial charge in [0.2, 0.25) is 0 Å². The third kappa shape index (κ3) is 4.26. The molecule has 2 N–H and O–H groups in total. The molecule has 2 rings (SSSR count). The van der Waals surface area contributed by atoms with E-state index in [1.807, 2.05) is 4.90 Å². The number of carbonyl (C=O) groups excluding carboxylic acids is 1. The van der Waals surface area contributed by atoms with Gasteiger partial charge in [-0.2, -0.15) is 0 Å². The van der Waals surface area contributed by atoms with Gasteiger partial charge in [0, 0.05) is 25.6 Å². The lowest BCUT2D eigenvalue weighted by Crippen LogP contribution is -2.47. The van der Waals surface area contributed by atoms with Gasteiger partial charge in [0.15, 0.2) is 0 Å². The van der Waals surface area contributed by atoms with Crippen LogP contribution in [0.5, 0.6) is 0 Å². The number of aliphatic carboxylic acids is 1. The Bertz CT molecular complexity index is 352. The fourth-order valence-electron chi connectivity index (χ4n) is 2.75. The lowest BCUT2D eigenvalue weighted by Gasteiger charge is -2.32. The van der Waals surface area contributed by atoms with Crippen LogP contribution in [0.25, 0.3) is 0 Å². The maximum atomic E-state index is 12.0. The molecule has 0 aromatic rings. The van der Waals surface area contributed by atoms with Gasteiger partial charge in [-0.3, -0.25) is 4.79 Å². The lowest BCUT2D eigenvalue weighted by molar-refractivity contribution is -0.137. The molecular weight excluding hydrogens is 244 g/mol. The summed E-state index contributed by atoms with van der Waals surface area (Å²) in [6.45, 7) is 1.49. The van der Waals surface area contributed by atoms with Crippen LogP contribution in [0.2, 0.25) is 0 Å². The van der Waals surface area contributed by atoms with Crippen molar-refractivity contribution < 1.29 is 14.7 Å². The van der Waals surface area contributed by atoms with Crippen molar-refractivity contribution in [2.45, 2.75) is 44.6 Å². The van der Waals surface area contributed by atoms with E-state index < -0.39 is 5.97 Å². The fourth-order valence-corrected chi connectivity index (χ4v) is 2.75. The molecule has 0 aromatic carbocycles. The number of hydrogen-bond acceptors (Lipinski definition) is 2. The van der Waals surface area contributed by atoms with Crippen molar-refractivity contribution in [1.29, 1.82) is 0 Å². The average Bonchev–Trinajstić information content (AvgIpc) is 2.89. The van der Waals surface area contributed by atoms with Crippen molar-refractivity contribution in [2.24, 2.45) is 5.92 Å². The summed E-state index contributed by atoms with van der Waals surface area (Å²) >= 11 is 0. The van der Waals surface area contributed by atoms with Crippen molar-refractivity contribution in [1.82, 2.24) is 10.2 Å². The molecule has 106 valence electrons. The fraction of sp³-hybridized carbons (Fsp3) is 0.714. The van der Waals surface area contributed by atoms with Gasteiger partial charge in [0.05, 0.1) is 0 Å². The summed E-state index contributed by atoms with van der Waals surface area (Å²) in [5.74, 6) is -0.276. The van der Waals surface area contributed by atoms with Crippen molar-refractivity contribution in [3.05, 3.63) is 12.2 Å². The highest BCUT2D eigenvalue weighted by Crippen LogP contribution is 2.22. The van der Waals surface area contributed by atoms with Crippen LogP contribution in [0.1, 0.15) is 38.5 Å². The van der Waals surface area contributed by atoms with E-state index in [1.165, 1.54) is 0 Å². The molecule has 0 radical (unpaired) electrons. The number of urea groups is 1. The molecule has 2 aliphatic rings. The Kier molecular flexibility index (Phi) is 4.82. The van der Waals surface area contributed by atoms with Crippen molar-refractivity contribution in [2.75, 3.05) is 13.1 Å². The molecule has 5 heteroatoms. The minimum atomic E-state index is -0.728. The highest BCUT2D eigenvalue weighted by Gasteiger charge is 2.24. The van der Waals surface area contributed by atoms with E-state index in [0.29, 0.717) is 5.92 Å². The SMILES string of the molecule is O=C(O)CCC1CCN(C(=O)NC2CC=CC2)CC1. The smallest absolute Gasteiger partial charge is 0.317 e. The first kappa shape index (κ1) is 13.9. The zero-order valence-corrected chi connectivity index (χ0v) is 11.2. The van der Waals surface area contributed by atoms with Crippen molar-refractivity contribution in [3.63, 3.8) is 0 Å². The number of carboxylic acids is 1. The van der Waals surface area contributed by atoms with Crippen LogP contribution < -0.4 is 5.32 Å². The highest BCUT2D eigenvalue weighted by atomic mass is 16.4. The molecular formula is C14H22N2O3. The molecule has 1 fully saturated rings. The first-order valence-corrected chi connectivity index (χ1v) is 7.07. The molecule has 5 nitrogen and oxygen atoms in total. The first-order valence-electron chi connectivity index (χ1n) is 7.07. The number of carbonyl (C=O) groups is 2. The van der Waals surface area contributed by atoms with Crippen LogP contribution >= 0.6 is 0 Å². The predicted octanol–water partition coefficient (Wildman–Crippen LogP) is 1.99. The van der Waals surface area contributed by atoms with Gasteiger partial charge in [-0.15, -0.1) is 0 Å². The molecule has 0 aromatic heterocycles. The Morgan fingerprint density at radius 1 is 1.21 bits per heavy atom. The molecule has 2 amide bonds. The maximum absolute atomic E-state index is 12.0. The molecule has 0 unspecified atom stereocenters. The van der Waals surface area contributed by atoms with Crippen LogP contribution in [0.4, 0.5) is 4.79 Å². The maximum Gasteiger partial charge on any atom is 0.317 e. The van der Waals surface area contributed by atoms with Crippen LogP contribution in [0.3, 0.4) is 0 Å². The molecule has 1 saturated heterocycles. The Morgan fingerprint density at radius 2 is 1.84 bits per heavy atom. The quantitative estimate of drug-likeness (QED) is 0.764. The lowest BCUT2D eigenvalue weighted by atomic mass is 9.92. The van der Waals surface area contributed by atoms with E-state index in [0.717, 1.165) is 45.2 Å². The number of piperidine rings is 1. The number of nitrogens with zero attached hydrogens (tertiary/aromatic N) is 1. The number of nitrogens with one attached hydrogen (secondary N) is 1. The number of likely N-dealkylation sites (tertiary alicyclic amines) is 1. The van der Waals surface area contributed by atoms with E-state index in [9.17, 15) is 9.59 Å². The van der Waals surface area contributed by atoms with E-state index in [2.05, 4.69) is 17.5 Å². The summed E-state index contributed by atoms with van der Waals surface area (Å²) in [5.41, 5.74) is 0. The summed E-state index contributed by atoms with van der Waals surface area (Å²) in [7, 11) is 0. The van der Waals surface area contributed by atoms with Crippen molar-refractivity contribution in [3.8, 4) is 0 Å². The monoisotopic (exact) mass is 266 g/mol. The van der Waals surface area contributed by atoms with Crippen LogP contribution in [0.15, 0.2) is 12.2 Å². The summed E-state index contributed by atoms with van der Waals surface area (Å²) in [4.78, 5) is 24.4. The summed E-state index contributed by atoms with van der Waals surface area (Å²) < 4.78 is 0. The van der Waals surface area contributed by atoms with E-state index in [-0.39, 0.29) is 18.5 Å². The number of hydrogen-bond donors (Lipinski definition) is 2. The van der Waals surface area contributed by atoms with Gasteiger partial charge in [-0.05, 0) is 38.0 Å². The molecule has 0 atom stereocenters. The molecule has 1 aliphatic carbocycles. The third-order valence-corrected chi connectivity index (χ3v) is 4.00. The summed E-state index contributed by atoms with van der Waals surface area (Å²) in [6.07, 6.45) is 8.88. The molecule has 1 heterocycles. The second-order valence-corrected chi connectivity index (χ2v) is 5.45. The molecule has 0 bridgehead atoms. The third-order valence-electron chi connectivity index (χ3n) is 4.00. The van der Waals surface area contributed by atoms with Gasteiger partial charge in [0.1, 0.15) is 0 Å². The topological polar surface area (TPSA) is 69.6 Å². The number of amides is 2. The van der Waals surface area contributed by atoms with Crippen LogP contribution in [-0.4, -0.2) is 41.1 Å². The Balaban J connectivity index is 1.67. The Labute approximate surface area is 113 Å². The minimum Gasteiger partial charge on any atom is -0.481 e. The molecule has 0 saturated carbocycles. The standard InChI is InChI=1S/C14H22N2O3/c17-13(18)6-5-11-7-9-16(10-8-11)14(19)15-12-3-1-2-4-12/h1-2,11-12H,3-10H2,(H,15,19)(H,17,18). The van der Waals surface area contributed by atoms with Gasteiger partial charge >= 0.3 is 12.0 Å². The summed E-state index contributed by atoms with van der Waals surface area (Å²) in [5, 5.41) is 11.7. The van der Waals surface area contributed by atoms with Gasteiger partial charge in [-0.25, -0.2) is 4.79 Å². The normalized spacial score (nSPS) is 20.7. The second-order valence-electron chi connectivity index (χ2n) is 5.45. The molecule has 0 spiro atoms. The van der Waals surface area contributed by atoms with E-state index in [1.54, 1.807) is 0 Å². The molecule has 19 heavy (non-hydrogen) atoms. The van der Waals surface area contributed by atoms with Crippen LogP contribution in [0, 0.1) is 5.92 Å². The average molecular weight is 266 g/mol. The van der Waals surface area contributed by atoms with Gasteiger partial charge in [-0.1, -0.05) is 12.2 Å². The van der Waals surface area contributed by atoms with Crippen molar-refractivity contribution >= 4 is 12.0 Å². The Morgan fingerprint density at radius 3 is 2.42 bits per heavy atom. The predicted molar refractivity (Wildman–Crippen MR) is 71.9 cm³/mol. The van der Waals surface area contributed by atoms with Gasteiger partial charge < -0.3 is 15.3 Å². The Hall–Kier alpha value is -1.52.